The van der Waals surface area contributed by atoms with E-state index in [0.717, 1.165) is 12.1 Å². The Balaban J connectivity index is 2.30. The Kier molecular flexibility index (Phi) is 4.74. The fourth-order valence-corrected chi connectivity index (χ4v) is 1.16. The fourth-order valence-electron chi connectivity index (χ4n) is 1.16. The smallest absolute Gasteiger partial charge is 0.126 e. The summed E-state index contributed by atoms with van der Waals surface area (Å²) < 4.78 is 13.1. The van der Waals surface area contributed by atoms with E-state index < -0.39 is 0 Å². The van der Waals surface area contributed by atoms with E-state index in [4.69, 9.17) is 0 Å². The van der Waals surface area contributed by atoms with E-state index in [0.29, 0.717) is 13.0 Å². The fraction of sp³-hybridized carbons (Fsp3) is 0.333. The van der Waals surface area contributed by atoms with Crippen LogP contribution in [0.4, 0.5) is 4.39 Å². The highest BCUT2D eigenvalue weighted by atomic mass is 19.1. The van der Waals surface area contributed by atoms with Crippen LogP contribution in [0.3, 0.4) is 0 Å². The number of rotatable bonds is 4. The molecule has 1 rings (SSSR count). The summed E-state index contributed by atoms with van der Waals surface area (Å²) in [5, 5.41) is 3.12. The van der Waals surface area contributed by atoms with Crippen molar-refractivity contribution < 1.29 is 4.39 Å². The molecule has 0 fully saturated rings. The van der Waals surface area contributed by atoms with E-state index in [-0.39, 0.29) is 5.82 Å². The van der Waals surface area contributed by atoms with Crippen LogP contribution in [0.25, 0.3) is 0 Å². The Morgan fingerprint density at radius 3 is 2.86 bits per heavy atom. The van der Waals surface area contributed by atoms with Gasteiger partial charge < -0.3 is 5.32 Å². The topological polar surface area (TPSA) is 12.0 Å². The van der Waals surface area contributed by atoms with Crippen LogP contribution >= 0.6 is 0 Å². The third kappa shape index (κ3) is 3.59. The minimum atomic E-state index is -0.129. The number of hydrogen-bond acceptors (Lipinski definition) is 1. The van der Waals surface area contributed by atoms with E-state index >= 15 is 0 Å². The standard InChI is InChI=1S/C12H14FN/c1-2-3-9-14-10-8-11-6-4-5-7-12(11)13/h4-7,14H,8-10H2,1H3. The molecule has 0 aliphatic rings. The highest BCUT2D eigenvalue weighted by Gasteiger charge is 1.98. The van der Waals surface area contributed by atoms with Gasteiger partial charge in [-0.2, -0.15) is 0 Å². The van der Waals surface area contributed by atoms with Gasteiger partial charge in [0.05, 0.1) is 6.54 Å². The average Bonchev–Trinajstić information content (AvgIpc) is 2.20. The van der Waals surface area contributed by atoms with E-state index in [2.05, 4.69) is 17.2 Å². The van der Waals surface area contributed by atoms with Crippen molar-refractivity contribution in [3.63, 3.8) is 0 Å². The molecule has 0 saturated heterocycles. The maximum Gasteiger partial charge on any atom is 0.126 e. The van der Waals surface area contributed by atoms with Gasteiger partial charge in [-0.1, -0.05) is 24.1 Å². The van der Waals surface area contributed by atoms with Gasteiger partial charge in [-0.25, -0.2) is 4.39 Å². The Hall–Kier alpha value is -1.33. The molecule has 2 heteroatoms. The summed E-state index contributed by atoms with van der Waals surface area (Å²) in [6, 6.07) is 6.85. The molecule has 14 heavy (non-hydrogen) atoms. The number of benzene rings is 1. The Labute approximate surface area is 84.3 Å². The van der Waals surface area contributed by atoms with Gasteiger partial charge in [-0.15, -0.1) is 5.92 Å². The minimum absolute atomic E-state index is 0.129. The molecule has 1 aromatic rings. The zero-order chi connectivity index (χ0) is 10.2. The van der Waals surface area contributed by atoms with Crippen LogP contribution in [0.2, 0.25) is 0 Å². The summed E-state index contributed by atoms with van der Waals surface area (Å²) >= 11 is 0. The summed E-state index contributed by atoms with van der Waals surface area (Å²) in [5.41, 5.74) is 0.754. The molecular weight excluding hydrogens is 177 g/mol. The lowest BCUT2D eigenvalue weighted by Gasteiger charge is -2.02. The molecular formula is C12H14FN. The molecule has 74 valence electrons. The second kappa shape index (κ2) is 6.17. The normalized spacial score (nSPS) is 9.29. The van der Waals surface area contributed by atoms with Crippen LogP contribution in [-0.2, 0) is 6.42 Å². The zero-order valence-electron chi connectivity index (χ0n) is 8.31. The third-order valence-corrected chi connectivity index (χ3v) is 1.92. The molecule has 0 heterocycles. The van der Waals surface area contributed by atoms with Crippen LogP contribution in [0.1, 0.15) is 12.5 Å². The van der Waals surface area contributed by atoms with Gasteiger partial charge in [-0.05, 0) is 25.0 Å². The second-order valence-corrected chi connectivity index (χ2v) is 2.94. The van der Waals surface area contributed by atoms with Crippen molar-refractivity contribution in [2.24, 2.45) is 0 Å². The van der Waals surface area contributed by atoms with Crippen LogP contribution in [-0.4, -0.2) is 13.1 Å². The Morgan fingerprint density at radius 1 is 1.36 bits per heavy atom. The molecule has 0 aliphatic heterocycles. The number of halogens is 1. The Bertz CT molecular complexity index is 336. The van der Waals surface area contributed by atoms with Crippen LogP contribution in [0.5, 0.6) is 0 Å². The first-order chi connectivity index (χ1) is 6.84. The molecule has 1 nitrogen and oxygen atoms in total. The summed E-state index contributed by atoms with van der Waals surface area (Å²) in [5.74, 6) is 5.56. The highest BCUT2D eigenvalue weighted by Crippen LogP contribution is 2.05. The van der Waals surface area contributed by atoms with Crippen molar-refractivity contribution in [3.8, 4) is 11.8 Å². The van der Waals surface area contributed by atoms with Gasteiger partial charge >= 0.3 is 0 Å². The van der Waals surface area contributed by atoms with Gasteiger partial charge in [0.1, 0.15) is 5.82 Å². The molecule has 0 aliphatic carbocycles. The molecule has 0 saturated carbocycles. The lowest BCUT2D eigenvalue weighted by Crippen LogP contribution is -2.17. The van der Waals surface area contributed by atoms with Crippen molar-refractivity contribution in [1.82, 2.24) is 5.32 Å². The molecule has 0 atom stereocenters. The van der Waals surface area contributed by atoms with Crippen molar-refractivity contribution in [1.29, 1.82) is 0 Å². The van der Waals surface area contributed by atoms with E-state index in [1.54, 1.807) is 13.0 Å². The molecule has 0 radical (unpaired) electrons. The first kappa shape index (κ1) is 10.7. The molecule has 0 unspecified atom stereocenters. The van der Waals surface area contributed by atoms with Crippen molar-refractivity contribution >= 4 is 0 Å². The van der Waals surface area contributed by atoms with Gasteiger partial charge in [-0.3, -0.25) is 0 Å². The lowest BCUT2D eigenvalue weighted by molar-refractivity contribution is 0.603. The summed E-state index contributed by atoms with van der Waals surface area (Å²) in [6.07, 6.45) is 0.706. The molecule has 0 bridgehead atoms. The van der Waals surface area contributed by atoms with E-state index in [1.807, 2.05) is 12.1 Å². The quantitative estimate of drug-likeness (QED) is 0.567. The zero-order valence-corrected chi connectivity index (χ0v) is 8.31. The SMILES string of the molecule is CC#CCNCCc1ccccc1F. The predicted molar refractivity (Wildman–Crippen MR) is 56.4 cm³/mol. The molecule has 0 aromatic heterocycles. The largest absolute Gasteiger partial charge is 0.306 e. The molecule has 1 N–H and O–H groups in total. The maximum absolute atomic E-state index is 13.1. The molecule has 1 aromatic carbocycles. The maximum atomic E-state index is 13.1. The molecule has 0 spiro atoms. The summed E-state index contributed by atoms with van der Waals surface area (Å²) in [4.78, 5) is 0. The average molecular weight is 191 g/mol. The van der Waals surface area contributed by atoms with Crippen molar-refractivity contribution in [2.45, 2.75) is 13.3 Å². The van der Waals surface area contributed by atoms with Crippen molar-refractivity contribution in [3.05, 3.63) is 35.6 Å². The van der Waals surface area contributed by atoms with E-state index in [9.17, 15) is 4.39 Å². The third-order valence-electron chi connectivity index (χ3n) is 1.92. The number of hydrogen-bond donors (Lipinski definition) is 1. The summed E-state index contributed by atoms with van der Waals surface area (Å²) in [6.45, 7) is 3.24. The predicted octanol–water partition coefficient (Wildman–Crippen LogP) is 1.98. The van der Waals surface area contributed by atoms with Crippen LogP contribution < -0.4 is 5.32 Å². The Morgan fingerprint density at radius 2 is 2.14 bits per heavy atom. The summed E-state index contributed by atoms with van der Waals surface area (Å²) in [7, 11) is 0. The highest BCUT2D eigenvalue weighted by molar-refractivity contribution is 5.17. The minimum Gasteiger partial charge on any atom is -0.306 e. The lowest BCUT2D eigenvalue weighted by atomic mass is 10.1. The van der Waals surface area contributed by atoms with Gasteiger partial charge in [0.25, 0.3) is 0 Å². The number of nitrogens with one attached hydrogen (secondary N) is 1. The van der Waals surface area contributed by atoms with Gasteiger partial charge in [0.2, 0.25) is 0 Å². The van der Waals surface area contributed by atoms with Gasteiger partial charge in [0, 0.05) is 6.54 Å². The van der Waals surface area contributed by atoms with Crippen molar-refractivity contribution in [2.75, 3.05) is 13.1 Å². The van der Waals surface area contributed by atoms with Crippen LogP contribution in [0.15, 0.2) is 24.3 Å². The van der Waals surface area contributed by atoms with Crippen LogP contribution in [0, 0.1) is 17.7 Å². The van der Waals surface area contributed by atoms with Gasteiger partial charge in [0.15, 0.2) is 0 Å². The van der Waals surface area contributed by atoms with E-state index in [1.165, 1.54) is 6.07 Å². The first-order valence-corrected chi connectivity index (χ1v) is 4.68. The molecule has 0 amide bonds. The monoisotopic (exact) mass is 191 g/mol. The second-order valence-electron chi connectivity index (χ2n) is 2.94. The first-order valence-electron chi connectivity index (χ1n) is 4.68.